The quantitative estimate of drug-likeness (QED) is 0.827. The van der Waals surface area contributed by atoms with Gasteiger partial charge in [-0.25, -0.2) is 0 Å². The molecule has 0 aliphatic rings. The lowest BCUT2D eigenvalue weighted by molar-refractivity contribution is -0.142. The van der Waals surface area contributed by atoms with Crippen LogP contribution in [-0.2, 0) is 17.8 Å². The molecule has 1 aromatic carbocycles. The van der Waals surface area contributed by atoms with Crippen LogP contribution in [0.4, 0.5) is 18.9 Å². The first-order chi connectivity index (χ1) is 11.8. The van der Waals surface area contributed by atoms with E-state index in [2.05, 4.69) is 10.4 Å². The van der Waals surface area contributed by atoms with Gasteiger partial charge in [-0.05, 0) is 24.1 Å². The summed E-state index contributed by atoms with van der Waals surface area (Å²) in [6, 6.07) is 5.33. The Hall–Kier alpha value is -2.71. The number of benzene rings is 1. The van der Waals surface area contributed by atoms with E-state index in [9.17, 15) is 18.0 Å². The third kappa shape index (κ3) is 5.70. The van der Waals surface area contributed by atoms with Gasteiger partial charge >= 0.3 is 6.18 Å². The molecule has 6 nitrogen and oxygen atoms in total. The van der Waals surface area contributed by atoms with E-state index in [0.717, 1.165) is 16.4 Å². The number of rotatable bonds is 7. The van der Waals surface area contributed by atoms with Crippen LogP contribution in [0.25, 0.3) is 0 Å². The first-order valence-corrected chi connectivity index (χ1v) is 7.40. The molecule has 0 saturated heterocycles. The van der Waals surface area contributed by atoms with Crippen LogP contribution in [0.1, 0.15) is 12.0 Å². The van der Waals surface area contributed by atoms with Crippen LogP contribution in [0, 0.1) is 0 Å². The molecule has 0 aliphatic heterocycles. The van der Waals surface area contributed by atoms with Crippen LogP contribution >= 0.6 is 0 Å². The van der Waals surface area contributed by atoms with E-state index < -0.39 is 12.7 Å². The van der Waals surface area contributed by atoms with Gasteiger partial charge in [0.05, 0.1) is 26.1 Å². The number of hydrogen-bond acceptors (Lipinski definition) is 4. The van der Waals surface area contributed by atoms with Crippen molar-refractivity contribution in [3.05, 3.63) is 36.2 Å². The molecule has 0 saturated carbocycles. The average molecular weight is 357 g/mol. The predicted molar refractivity (Wildman–Crippen MR) is 84.8 cm³/mol. The van der Waals surface area contributed by atoms with Gasteiger partial charge in [-0.3, -0.25) is 9.48 Å². The summed E-state index contributed by atoms with van der Waals surface area (Å²) < 4.78 is 47.9. The number of alkyl halides is 3. The third-order valence-corrected chi connectivity index (χ3v) is 3.35. The number of nitrogens with one attached hydrogen (secondary N) is 1. The maximum Gasteiger partial charge on any atom is 0.408 e. The molecular formula is C16H18F3N3O3. The number of aryl methyl sites for hydroxylation is 1. The van der Waals surface area contributed by atoms with E-state index in [4.69, 9.17) is 9.47 Å². The topological polar surface area (TPSA) is 65.4 Å². The number of hydrogen-bond donors (Lipinski definition) is 1. The largest absolute Gasteiger partial charge is 0.493 e. The van der Waals surface area contributed by atoms with Crippen LogP contribution in [0.15, 0.2) is 30.6 Å². The number of nitrogens with zero attached hydrogens (tertiary/aromatic N) is 2. The number of aromatic nitrogens is 2. The predicted octanol–water partition coefficient (Wildman–Crippen LogP) is 3.03. The first kappa shape index (κ1) is 18.6. The van der Waals surface area contributed by atoms with Crippen molar-refractivity contribution in [3.63, 3.8) is 0 Å². The lowest BCUT2D eigenvalue weighted by Crippen LogP contribution is -2.18. The highest BCUT2D eigenvalue weighted by atomic mass is 19.4. The Morgan fingerprint density at radius 3 is 2.60 bits per heavy atom. The third-order valence-electron chi connectivity index (χ3n) is 3.35. The van der Waals surface area contributed by atoms with Gasteiger partial charge in [0.1, 0.15) is 6.54 Å². The van der Waals surface area contributed by atoms with Crippen LogP contribution in [-0.4, -0.2) is 36.1 Å². The van der Waals surface area contributed by atoms with Crippen LogP contribution in [0.3, 0.4) is 0 Å². The second-order valence-corrected chi connectivity index (χ2v) is 5.28. The molecule has 0 aliphatic carbocycles. The Balaban J connectivity index is 1.89. The minimum absolute atomic E-state index is 0.167. The highest BCUT2D eigenvalue weighted by Gasteiger charge is 2.28. The fourth-order valence-electron chi connectivity index (χ4n) is 2.22. The smallest absolute Gasteiger partial charge is 0.408 e. The fraction of sp³-hybridized carbons (Fsp3) is 0.375. The molecule has 0 bridgehead atoms. The zero-order chi connectivity index (χ0) is 18.4. The molecule has 9 heteroatoms. The van der Waals surface area contributed by atoms with Gasteiger partial charge in [0.25, 0.3) is 0 Å². The van der Waals surface area contributed by atoms with Crippen molar-refractivity contribution < 1.29 is 27.4 Å². The number of halogens is 3. The number of carbonyl (C=O) groups is 1. The van der Waals surface area contributed by atoms with Crippen molar-refractivity contribution in [2.75, 3.05) is 19.5 Å². The Morgan fingerprint density at radius 1 is 1.24 bits per heavy atom. The van der Waals surface area contributed by atoms with Gasteiger partial charge in [0.15, 0.2) is 11.5 Å². The van der Waals surface area contributed by atoms with E-state index in [1.165, 1.54) is 20.4 Å². The van der Waals surface area contributed by atoms with Crippen LogP contribution in [0.2, 0.25) is 0 Å². The lowest BCUT2D eigenvalue weighted by Gasteiger charge is -2.09. The van der Waals surface area contributed by atoms with Gasteiger partial charge in [0, 0.05) is 12.6 Å². The Morgan fingerprint density at radius 2 is 1.96 bits per heavy atom. The number of amides is 1. The molecule has 2 aromatic rings. The van der Waals surface area contributed by atoms with Gasteiger partial charge < -0.3 is 14.8 Å². The minimum atomic E-state index is -4.36. The molecule has 0 fully saturated rings. The molecule has 1 amide bonds. The van der Waals surface area contributed by atoms with E-state index in [0.29, 0.717) is 17.9 Å². The summed E-state index contributed by atoms with van der Waals surface area (Å²) >= 11 is 0. The van der Waals surface area contributed by atoms with Crippen molar-refractivity contribution in [2.24, 2.45) is 0 Å². The van der Waals surface area contributed by atoms with E-state index in [1.54, 1.807) is 12.1 Å². The lowest BCUT2D eigenvalue weighted by atomic mass is 10.1. The fourth-order valence-corrected chi connectivity index (χ4v) is 2.22. The number of anilines is 1. The van der Waals surface area contributed by atoms with Crippen LogP contribution in [0.5, 0.6) is 11.5 Å². The molecule has 1 N–H and O–H groups in total. The SMILES string of the molecule is COc1ccc(CCC(=O)Nc2cnn(CC(F)(F)F)c2)cc1OC. The maximum absolute atomic E-state index is 12.3. The highest BCUT2D eigenvalue weighted by molar-refractivity contribution is 5.90. The summed E-state index contributed by atoms with van der Waals surface area (Å²) in [4.78, 5) is 11.9. The molecule has 0 spiro atoms. The monoisotopic (exact) mass is 357 g/mol. The molecule has 1 aromatic heterocycles. The van der Waals surface area contributed by atoms with Gasteiger partial charge in [-0.15, -0.1) is 0 Å². The summed E-state index contributed by atoms with van der Waals surface area (Å²) in [5.41, 5.74) is 1.10. The normalized spacial score (nSPS) is 11.2. The minimum Gasteiger partial charge on any atom is -0.493 e. The molecule has 0 radical (unpaired) electrons. The molecule has 136 valence electrons. The van der Waals surface area contributed by atoms with Crippen molar-refractivity contribution in [1.29, 1.82) is 0 Å². The number of methoxy groups -OCH3 is 2. The molecule has 0 unspecified atom stereocenters. The van der Waals surface area contributed by atoms with Gasteiger partial charge in [-0.2, -0.15) is 18.3 Å². The molecule has 2 rings (SSSR count). The summed E-state index contributed by atoms with van der Waals surface area (Å²) in [5.74, 6) is 0.836. The van der Waals surface area contributed by atoms with Gasteiger partial charge in [-0.1, -0.05) is 6.07 Å². The number of ether oxygens (including phenoxy) is 2. The van der Waals surface area contributed by atoms with Gasteiger partial charge in [0.2, 0.25) is 5.91 Å². The molecule has 25 heavy (non-hydrogen) atoms. The maximum atomic E-state index is 12.3. The van der Waals surface area contributed by atoms with E-state index in [1.807, 2.05) is 6.07 Å². The standard InChI is InChI=1S/C16H18F3N3O3/c1-24-13-5-3-11(7-14(13)25-2)4-6-15(23)21-12-8-20-22(9-12)10-16(17,18)19/h3,5,7-9H,4,6,10H2,1-2H3,(H,21,23). The zero-order valence-electron chi connectivity index (χ0n) is 13.8. The number of carbonyl (C=O) groups excluding carboxylic acids is 1. The second-order valence-electron chi connectivity index (χ2n) is 5.28. The Kier molecular flexibility index (Phi) is 5.89. The van der Waals surface area contributed by atoms with Crippen molar-refractivity contribution in [1.82, 2.24) is 9.78 Å². The second kappa shape index (κ2) is 7.91. The summed E-state index contributed by atoms with van der Waals surface area (Å²) in [6.07, 6.45) is -1.43. The zero-order valence-corrected chi connectivity index (χ0v) is 13.8. The van der Waals surface area contributed by atoms with Crippen molar-refractivity contribution in [3.8, 4) is 11.5 Å². The Labute approximate surface area is 142 Å². The van der Waals surface area contributed by atoms with Crippen molar-refractivity contribution >= 4 is 11.6 Å². The first-order valence-electron chi connectivity index (χ1n) is 7.40. The van der Waals surface area contributed by atoms with Crippen LogP contribution < -0.4 is 14.8 Å². The summed E-state index contributed by atoms with van der Waals surface area (Å²) in [7, 11) is 3.05. The molecule has 1 heterocycles. The van der Waals surface area contributed by atoms with E-state index in [-0.39, 0.29) is 18.0 Å². The average Bonchev–Trinajstić information content (AvgIpc) is 2.97. The Bertz CT molecular complexity index is 729. The molecular weight excluding hydrogens is 339 g/mol. The summed E-state index contributed by atoms with van der Waals surface area (Å²) in [6.45, 7) is -1.20. The molecule has 0 atom stereocenters. The summed E-state index contributed by atoms with van der Waals surface area (Å²) in [5, 5.41) is 6.09. The van der Waals surface area contributed by atoms with Crippen molar-refractivity contribution in [2.45, 2.75) is 25.6 Å². The van der Waals surface area contributed by atoms with E-state index >= 15 is 0 Å². The highest BCUT2D eigenvalue weighted by Crippen LogP contribution is 2.28.